The minimum Gasteiger partial charge on any atom is -0.497 e. The number of hydrogen-bond donors (Lipinski definition) is 1. The first-order chi connectivity index (χ1) is 21.8. The summed E-state index contributed by atoms with van der Waals surface area (Å²) in [6, 6.07) is 21.0. The molecule has 0 radical (unpaired) electrons. The number of rotatable bonds is 11. The van der Waals surface area contributed by atoms with Gasteiger partial charge in [0.2, 0.25) is 5.95 Å². The Bertz CT molecular complexity index is 1600. The topological polar surface area (TPSA) is 98.3 Å². The molecule has 1 amide bonds. The van der Waals surface area contributed by atoms with Crippen LogP contribution in [0.3, 0.4) is 0 Å². The van der Waals surface area contributed by atoms with Gasteiger partial charge in [-0.1, -0.05) is 30.3 Å². The van der Waals surface area contributed by atoms with Gasteiger partial charge in [0.15, 0.2) is 0 Å². The smallest absolute Gasteiger partial charge is 0.425 e. The second-order valence-corrected chi connectivity index (χ2v) is 11.0. The summed E-state index contributed by atoms with van der Waals surface area (Å²) >= 11 is 0. The summed E-state index contributed by atoms with van der Waals surface area (Å²) in [5.74, 6) is 2.18. The number of aromatic nitrogens is 2. The molecule has 10 heteroatoms. The fourth-order valence-electron chi connectivity index (χ4n) is 5.37. The highest BCUT2D eigenvalue weighted by Gasteiger charge is 2.27. The van der Waals surface area contributed by atoms with Gasteiger partial charge in [-0.2, -0.15) is 4.98 Å². The number of nitrogens with zero attached hydrogens (tertiary/aromatic N) is 4. The largest absolute Gasteiger partial charge is 0.497 e. The summed E-state index contributed by atoms with van der Waals surface area (Å²) in [6.45, 7) is 10.3. The van der Waals surface area contributed by atoms with E-state index >= 15 is 0 Å². The highest BCUT2D eigenvalue weighted by molar-refractivity contribution is 5.98. The quantitative estimate of drug-likeness (QED) is 0.197. The fourth-order valence-corrected chi connectivity index (χ4v) is 5.37. The molecule has 1 N–H and O–H groups in total. The Morgan fingerprint density at radius 1 is 0.933 bits per heavy atom. The second kappa shape index (κ2) is 14.9. The molecule has 1 aliphatic rings. The summed E-state index contributed by atoms with van der Waals surface area (Å²) in [5, 5.41) is 3.35. The average Bonchev–Trinajstić information content (AvgIpc) is 3.03. The van der Waals surface area contributed by atoms with E-state index in [-0.39, 0.29) is 0 Å². The van der Waals surface area contributed by atoms with Gasteiger partial charge in [-0.3, -0.25) is 4.90 Å². The van der Waals surface area contributed by atoms with Crippen LogP contribution in [0.25, 0.3) is 0 Å². The highest BCUT2D eigenvalue weighted by atomic mass is 16.6. The summed E-state index contributed by atoms with van der Waals surface area (Å²) in [4.78, 5) is 27.3. The van der Waals surface area contributed by atoms with Crippen molar-refractivity contribution in [2.75, 3.05) is 57.3 Å². The number of aryl methyl sites for hydroxylation is 4. The molecule has 0 saturated carbocycles. The maximum Gasteiger partial charge on any atom is 0.425 e. The zero-order chi connectivity index (χ0) is 31.8. The Labute approximate surface area is 264 Å². The van der Waals surface area contributed by atoms with Gasteiger partial charge < -0.3 is 24.3 Å². The van der Waals surface area contributed by atoms with Gasteiger partial charge in [0.05, 0.1) is 33.1 Å². The summed E-state index contributed by atoms with van der Waals surface area (Å²) in [6.07, 6.45) is 1.39. The van der Waals surface area contributed by atoms with E-state index in [1.54, 1.807) is 38.5 Å². The van der Waals surface area contributed by atoms with Crippen molar-refractivity contribution in [2.24, 2.45) is 0 Å². The maximum absolute atomic E-state index is 14.0. The van der Waals surface area contributed by atoms with Crippen LogP contribution in [0.4, 0.5) is 27.9 Å². The number of hydrogen-bond acceptors (Lipinski definition) is 9. The van der Waals surface area contributed by atoms with E-state index in [0.717, 1.165) is 62.5 Å². The van der Waals surface area contributed by atoms with Gasteiger partial charge in [0.1, 0.15) is 23.1 Å². The van der Waals surface area contributed by atoms with Crippen molar-refractivity contribution >= 4 is 29.2 Å². The third-order valence-corrected chi connectivity index (χ3v) is 7.70. The molecular formula is C35H41N5O5. The Balaban J connectivity index is 1.43. The van der Waals surface area contributed by atoms with Crippen molar-refractivity contribution in [3.8, 4) is 17.2 Å². The Morgan fingerprint density at radius 3 is 2.42 bits per heavy atom. The summed E-state index contributed by atoms with van der Waals surface area (Å²) in [5.41, 5.74) is 4.89. The van der Waals surface area contributed by atoms with Crippen molar-refractivity contribution in [1.82, 2.24) is 14.9 Å². The van der Waals surface area contributed by atoms with E-state index < -0.39 is 6.09 Å². The van der Waals surface area contributed by atoms with Crippen LogP contribution in [-0.2, 0) is 11.2 Å². The monoisotopic (exact) mass is 611 g/mol. The molecule has 4 aromatic rings. The maximum atomic E-state index is 14.0. The third-order valence-electron chi connectivity index (χ3n) is 7.70. The number of benzene rings is 3. The molecular weight excluding hydrogens is 570 g/mol. The van der Waals surface area contributed by atoms with Crippen LogP contribution in [-0.4, -0.2) is 68.0 Å². The Kier molecular flexibility index (Phi) is 10.5. The van der Waals surface area contributed by atoms with Crippen LogP contribution in [0.5, 0.6) is 17.2 Å². The third kappa shape index (κ3) is 8.09. The zero-order valence-corrected chi connectivity index (χ0v) is 26.6. The number of carbonyl (C=O) groups is 1. The van der Waals surface area contributed by atoms with Crippen molar-refractivity contribution in [3.63, 3.8) is 0 Å². The zero-order valence-electron chi connectivity index (χ0n) is 26.6. The lowest BCUT2D eigenvalue weighted by molar-refractivity contribution is 0.0375. The number of carbonyl (C=O) groups excluding carboxylic acids is 1. The van der Waals surface area contributed by atoms with Gasteiger partial charge in [0.25, 0.3) is 0 Å². The molecule has 0 bridgehead atoms. The molecule has 1 aromatic heterocycles. The number of methoxy groups -OCH3 is 2. The molecule has 0 unspecified atom stereocenters. The van der Waals surface area contributed by atoms with E-state index in [1.165, 1.54) is 10.5 Å². The molecule has 10 nitrogen and oxygen atoms in total. The number of ether oxygens (including phenoxy) is 4. The van der Waals surface area contributed by atoms with E-state index in [0.29, 0.717) is 40.4 Å². The molecule has 236 valence electrons. The lowest BCUT2D eigenvalue weighted by Gasteiger charge is -2.26. The Hall–Kier alpha value is -4.67. The van der Waals surface area contributed by atoms with Crippen LogP contribution in [0.15, 0.2) is 66.7 Å². The summed E-state index contributed by atoms with van der Waals surface area (Å²) < 4.78 is 22.5. The van der Waals surface area contributed by atoms with Crippen LogP contribution >= 0.6 is 0 Å². The Morgan fingerprint density at radius 2 is 1.69 bits per heavy atom. The van der Waals surface area contributed by atoms with Crippen molar-refractivity contribution < 1.29 is 23.7 Å². The highest BCUT2D eigenvalue weighted by Crippen LogP contribution is 2.38. The van der Waals surface area contributed by atoms with Gasteiger partial charge in [0, 0.05) is 36.6 Å². The van der Waals surface area contributed by atoms with Crippen molar-refractivity contribution in [3.05, 3.63) is 89.1 Å². The standard InChI is InChI=1S/C35H41N5O5/c1-24-9-6-10-25(2)33(24)45-35(41)40(30-15-14-29(42-4)23-31(30)43-5)32-21-26(3)36-34(38-32)37-28-13-7-11-27(22-28)12-8-16-39-17-19-44-20-18-39/h6-7,9-11,13-15,21-23H,8,12,16-20H2,1-5H3,(H,36,37,38). The van der Waals surface area contributed by atoms with Gasteiger partial charge in [-0.25, -0.2) is 14.7 Å². The van der Waals surface area contributed by atoms with Gasteiger partial charge >= 0.3 is 6.09 Å². The lowest BCUT2D eigenvalue weighted by Crippen LogP contribution is -2.36. The summed E-state index contributed by atoms with van der Waals surface area (Å²) in [7, 11) is 3.12. The predicted octanol–water partition coefficient (Wildman–Crippen LogP) is 6.76. The number of amides is 1. The SMILES string of the molecule is COc1ccc(N(C(=O)Oc2c(C)cccc2C)c2cc(C)nc(Nc3cccc(CCCN4CCOCC4)c3)n2)c(OC)c1. The first-order valence-electron chi connectivity index (χ1n) is 15.2. The molecule has 45 heavy (non-hydrogen) atoms. The molecule has 1 aliphatic heterocycles. The molecule has 0 aliphatic carbocycles. The normalized spacial score (nSPS) is 13.3. The molecule has 1 fully saturated rings. The average molecular weight is 612 g/mol. The van der Waals surface area contributed by atoms with Crippen LogP contribution < -0.4 is 24.4 Å². The van der Waals surface area contributed by atoms with Crippen molar-refractivity contribution in [1.29, 1.82) is 0 Å². The molecule has 0 atom stereocenters. The number of anilines is 4. The van der Waals surface area contributed by atoms with Crippen LogP contribution in [0.2, 0.25) is 0 Å². The molecule has 1 saturated heterocycles. The van der Waals surface area contributed by atoms with Gasteiger partial charge in [-0.05, 0) is 81.1 Å². The minimum absolute atomic E-state index is 0.325. The first-order valence-corrected chi connectivity index (χ1v) is 15.2. The number of morpholine rings is 1. The second-order valence-electron chi connectivity index (χ2n) is 11.0. The number of para-hydroxylation sites is 1. The first kappa shape index (κ1) is 31.7. The molecule has 0 spiro atoms. The van der Waals surface area contributed by atoms with Crippen molar-refractivity contribution in [2.45, 2.75) is 33.6 Å². The minimum atomic E-state index is -0.637. The molecule has 5 rings (SSSR count). The van der Waals surface area contributed by atoms with E-state index in [4.69, 9.17) is 23.9 Å². The van der Waals surface area contributed by atoms with E-state index in [9.17, 15) is 4.79 Å². The van der Waals surface area contributed by atoms with Gasteiger partial charge in [-0.15, -0.1) is 0 Å². The van der Waals surface area contributed by atoms with Crippen LogP contribution in [0.1, 0.15) is 28.8 Å². The lowest BCUT2D eigenvalue weighted by atomic mass is 10.1. The predicted molar refractivity (Wildman–Crippen MR) is 176 cm³/mol. The van der Waals surface area contributed by atoms with E-state index in [1.807, 2.05) is 51.1 Å². The number of nitrogens with one attached hydrogen (secondary N) is 1. The van der Waals surface area contributed by atoms with E-state index in [2.05, 4.69) is 27.3 Å². The van der Waals surface area contributed by atoms with Crippen LogP contribution in [0, 0.1) is 20.8 Å². The molecule has 3 aromatic carbocycles. The molecule has 2 heterocycles. The fraction of sp³-hybridized carbons (Fsp3) is 0.343.